The zero-order chi connectivity index (χ0) is 3.41. The van der Waals surface area contributed by atoms with Crippen molar-refractivity contribution in [2.45, 2.75) is 0 Å². The third-order valence-electron chi connectivity index (χ3n) is 0.250. The van der Waals surface area contributed by atoms with Crippen LogP contribution in [0.1, 0.15) is 0 Å². The van der Waals surface area contributed by atoms with Crippen molar-refractivity contribution in [1.29, 1.82) is 0 Å². The molecule has 0 aliphatic carbocycles. The number of hydrogen-bond acceptors (Lipinski definition) is 2. The number of halogens is 2. The SMILES string of the molecule is CNNC.I.I. The van der Waals surface area contributed by atoms with E-state index in [1.165, 1.54) is 0 Å². The quantitative estimate of drug-likeness (QED) is 0.546. The molecule has 0 saturated heterocycles. The highest BCUT2D eigenvalue weighted by molar-refractivity contribution is 14.0. The maximum atomic E-state index is 2.68. The summed E-state index contributed by atoms with van der Waals surface area (Å²) in [5.74, 6) is 0. The van der Waals surface area contributed by atoms with Crippen molar-refractivity contribution in [3.05, 3.63) is 0 Å². The van der Waals surface area contributed by atoms with Gasteiger partial charge in [-0.3, -0.25) is 10.9 Å². The number of nitrogens with one attached hydrogen (secondary N) is 2. The van der Waals surface area contributed by atoms with Gasteiger partial charge in [-0.15, -0.1) is 48.0 Å². The van der Waals surface area contributed by atoms with Crippen LogP contribution in [0.25, 0.3) is 0 Å². The van der Waals surface area contributed by atoms with Gasteiger partial charge in [-0.25, -0.2) is 0 Å². The van der Waals surface area contributed by atoms with E-state index in [0.29, 0.717) is 0 Å². The van der Waals surface area contributed by atoms with E-state index in [1.54, 1.807) is 0 Å². The molecular weight excluding hydrogens is 306 g/mol. The first-order chi connectivity index (χ1) is 1.91. The van der Waals surface area contributed by atoms with Crippen LogP contribution in [-0.2, 0) is 0 Å². The van der Waals surface area contributed by atoms with Crippen LogP contribution in [0.4, 0.5) is 0 Å². The van der Waals surface area contributed by atoms with Crippen LogP contribution in [0.2, 0.25) is 0 Å². The molecule has 4 heteroatoms. The van der Waals surface area contributed by atoms with E-state index in [2.05, 4.69) is 10.9 Å². The Labute approximate surface area is 72.5 Å². The molecule has 0 spiro atoms. The number of rotatable bonds is 1. The summed E-state index contributed by atoms with van der Waals surface area (Å²) in [6.07, 6.45) is 0. The van der Waals surface area contributed by atoms with Gasteiger partial charge in [0.15, 0.2) is 0 Å². The molecular formula is C2H10I2N2. The second-order valence-corrected chi connectivity index (χ2v) is 0.500. The summed E-state index contributed by atoms with van der Waals surface area (Å²) in [4.78, 5) is 0. The van der Waals surface area contributed by atoms with Crippen LogP contribution in [-0.4, -0.2) is 14.1 Å². The van der Waals surface area contributed by atoms with Gasteiger partial charge in [0.25, 0.3) is 0 Å². The Morgan fingerprint density at radius 2 is 1.00 bits per heavy atom. The third-order valence-corrected chi connectivity index (χ3v) is 0.250. The molecule has 0 rings (SSSR count). The van der Waals surface area contributed by atoms with Crippen LogP contribution < -0.4 is 10.9 Å². The van der Waals surface area contributed by atoms with E-state index in [9.17, 15) is 0 Å². The summed E-state index contributed by atoms with van der Waals surface area (Å²) >= 11 is 0. The van der Waals surface area contributed by atoms with Crippen LogP contribution in [0.15, 0.2) is 0 Å². The molecule has 2 N–H and O–H groups in total. The first kappa shape index (κ1) is 15.7. The Kier molecular flexibility index (Phi) is 42.2. The van der Waals surface area contributed by atoms with Crippen molar-refractivity contribution in [2.24, 2.45) is 0 Å². The summed E-state index contributed by atoms with van der Waals surface area (Å²) in [7, 11) is 3.64. The minimum atomic E-state index is 0. The Bertz CT molecular complexity index is 11.5. The van der Waals surface area contributed by atoms with E-state index in [0.717, 1.165) is 0 Å². The molecule has 0 aromatic rings. The van der Waals surface area contributed by atoms with Crippen LogP contribution in [0.3, 0.4) is 0 Å². The lowest BCUT2D eigenvalue weighted by Gasteiger charge is -1.81. The maximum absolute atomic E-state index is 2.68. The topological polar surface area (TPSA) is 24.1 Å². The van der Waals surface area contributed by atoms with Crippen molar-refractivity contribution >= 4 is 48.0 Å². The predicted octanol–water partition coefficient (Wildman–Crippen LogP) is 0.576. The molecule has 0 bridgehead atoms. The molecule has 0 saturated carbocycles. The molecule has 6 heavy (non-hydrogen) atoms. The standard InChI is InChI=1S/C2H8N2.2HI/c1-3-4-2;;/h3-4H,1-2H3;2*1H. The van der Waals surface area contributed by atoms with Gasteiger partial charge in [0.2, 0.25) is 0 Å². The average molecular weight is 316 g/mol. The lowest BCUT2D eigenvalue weighted by molar-refractivity contribution is 0.689. The minimum Gasteiger partial charge on any atom is -0.261 e. The molecule has 0 amide bonds. The highest BCUT2D eigenvalue weighted by Gasteiger charge is 1.44. The Hall–Kier alpha value is 1.38. The summed E-state index contributed by atoms with van der Waals surface area (Å²) in [6.45, 7) is 0. The zero-order valence-electron chi connectivity index (χ0n) is 3.82. The summed E-state index contributed by atoms with van der Waals surface area (Å²) in [5, 5.41) is 0. The molecule has 0 fully saturated rings. The number of hydrazine groups is 1. The van der Waals surface area contributed by atoms with Gasteiger partial charge in [0.05, 0.1) is 0 Å². The Morgan fingerprint density at radius 1 is 0.833 bits per heavy atom. The Morgan fingerprint density at radius 3 is 1.00 bits per heavy atom. The highest BCUT2D eigenvalue weighted by atomic mass is 127. The summed E-state index contributed by atoms with van der Waals surface area (Å²) in [5.41, 5.74) is 5.36. The molecule has 0 heterocycles. The molecule has 0 aliphatic rings. The second kappa shape index (κ2) is 16.2. The van der Waals surface area contributed by atoms with Crippen LogP contribution >= 0.6 is 48.0 Å². The van der Waals surface area contributed by atoms with Gasteiger partial charge in [-0.05, 0) is 14.1 Å². The van der Waals surface area contributed by atoms with E-state index in [4.69, 9.17) is 0 Å². The lowest BCUT2D eigenvalue weighted by Crippen LogP contribution is -2.21. The van der Waals surface area contributed by atoms with Gasteiger partial charge >= 0.3 is 0 Å². The first-order valence-electron chi connectivity index (χ1n) is 1.25. The minimum absolute atomic E-state index is 0. The van der Waals surface area contributed by atoms with Gasteiger partial charge in [-0.1, -0.05) is 0 Å². The summed E-state index contributed by atoms with van der Waals surface area (Å²) < 4.78 is 0. The fraction of sp³-hybridized carbons (Fsp3) is 1.00. The third kappa shape index (κ3) is 18.2. The molecule has 42 valence electrons. The molecule has 0 aliphatic heterocycles. The van der Waals surface area contributed by atoms with Gasteiger partial charge in [0.1, 0.15) is 0 Å². The van der Waals surface area contributed by atoms with E-state index < -0.39 is 0 Å². The largest absolute Gasteiger partial charge is 0.261 e. The molecule has 0 radical (unpaired) electrons. The maximum Gasteiger partial charge on any atom is -0.00150 e. The molecule has 0 aromatic heterocycles. The molecule has 0 aromatic carbocycles. The van der Waals surface area contributed by atoms with Gasteiger partial charge in [0, 0.05) is 0 Å². The average Bonchev–Trinajstić information content (AvgIpc) is 1.37. The van der Waals surface area contributed by atoms with E-state index >= 15 is 0 Å². The van der Waals surface area contributed by atoms with Crippen molar-refractivity contribution in [2.75, 3.05) is 14.1 Å². The van der Waals surface area contributed by atoms with Crippen LogP contribution in [0.5, 0.6) is 0 Å². The molecule has 0 atom stereocenters. The van der Waals surface area contributed by atoms with E-state index in [-0.39, 0.29) is 48.0 Å². The smallest absolute Gasteiger partial charge is 0.00150 e. The second-order valence-electron chi connectivity index (χ2n) is 0.500. The Balaban J connectivity index is -0.0000000450. The highest BCUT2D eigenvalue weighted by Crippen LogP contribution is 1.07. The van der Waals surface area contributed by atoms with Gasteiger partial charge < -0.3 is 0 Å². The first-order valence-corrected chi connectivity index (χ1v) is 1.25. The van der Waals surface area contributed by atoms with Crippen molar-refractivity contribution in [3.8, 4) is 0 Å². The van der Waals surface area contributed by atoms with Crippen LogP contribution in [0, 0.1) is 0 Å². The zero-order valence-corrected chi connectivity index (χ0v) is 8.48. The lowest BCUT2D eigenvalue weighted by atomic mass is 11.4. The normalized spacial score (nSPS) is 5.00. The monoisotopic (exact) mass is 316 g/mol. The molecule has 2 nitrogen and oxygen atoms in total. The van der Waals surface area contributed by atoms with Crippen molar-refractivity contribution in [3.63, 3.8) is 0 Å². The van der Waals surface area contributed by atoms with E-state index in [1.807, 2.05) is 14.1 Å². The van der Waals surface area contributed by atoms with Crippen molar-refractivity contribution < 1.29 is 0 Å². The fourth-order valence-electron chi connectivity index (χ4n) is 0. The number of hydrogen-bond donors (Lipinski definition) is 2. The fourth-order valence-corrected chi connectivity index (χ4v) is 0. The van der Waals surface area contributed by atoms with Gasteiger partial charge in [-0.2, -0.15) is 0 Å². The predicted molar refractivity (Wildman–Crippen MR) is 48.9 cm³/mol. The summed E-state index contributed by atoms with van der Waals surface area (Å²) in [6, 6.07) is 0. The molecule has 0 unspecified atom stereocenters. The van der Waals surface area contributed by atoms with Crippen molar-refractivity contribution in [1.82, 2.24) is 10.9 Å².